The van der Waals surface area contributed by atoms with Gasteiger partial charge in [-0.3, -0.25) is 14.1 Å². The molecule has 9 nitrogen and oxygen atoms in total. The summed E-state index contributed by atoms with van der Waals surface area (Å²) in [4.78, 5) is 20.5. The molecule has 2 aliphatic heterocycles. The fraction of sp³-hybridized carbons (Fsp3) is 0.517. The van der Waals surface area contributed by atoms with Crippen molar-refractivity contribution in [2.45, 2.75) is 38.3 Å². The molecule has 0 bridgehead atoms. The number of hydrogen-bond donors (Lipinski definition) is 0. The normalized spacial score (nSPS) is 22.8. The largest absolute Gasteiger partial charge is 0.381 e. The molecule has 4 aromatic rings. The van der Waals surface area contributed by atoms with Crippen LogP contribution in [0.3, 0.4) is 0 Å². The van der Waals surface area contributed by atoms with E-state index in [4.69, 9.17) is 14.5 Å². The van der Waals surface area contributed by atoms with Crippen molar-refractivity contribution in [2.24, 2.45) is 18.9 Å². The number of rotatable bonds is 7. The standard InChI is InChI=1S/C29H34N6O3/c1-18(38-12-9-34-16-21-13-22(21)17-34)25-5-4-20(15-30-25)19-3-6-26-24(14-19)27-28(32-31-26)33(2)29(36)35(27)23-7-10-37-11-8-23/h3-6,14-15,18,21-23H,7-13,16-17H2,1-2H3/t18-,21?,22?/m1/s1. The zero-order chi connectivity index (χ0) is 25.8. The van der Waals surface area contributed by atoms with E-state index in [1.54, 1.807) is 11.6 Å². The van der Waals surface area contributed by atoms with E-state index in [-0.39, 0.29) is 17.8 Å². The number of piperidine rings is 1. The number of likely N-dealkylation sites (tertiary alicyclic amines) is 1. The zero-order valence-electron chi connectivity index (χ0n) is 22.0. The summed E-state index contributed by atoms with van der Waals surface area (Å²) in [6.45, 7) is 7.61. The molecule has 0 N–H and O–H groups in total. The Kier molecular flexibility index (Phi) is 6.02. The maximum absolute atomic E-state index is 13.2. The van der Waals surface area contributed by atoms with E-state index in [2.05, 4.69) is 40.2 Å². The van der Waals surface area contributed by atoms with Gasteiger partial charge in [-0.2, -0.15) is 0 Å². The van der Waals surface area contributed by atoms with Crippen LogP contribution in [0.15, 0.2) is 41.3 Å². The zero-order valence-corrected chi connectivity index (χ0v) is 22.0. The summed E-state index contributed by atoms with van der Waals surface area (Å²) in [5, 5.41) is 9.76. The summed E-state index contributed by atoms with van der Waals surface area (Å²) in [6, 6.07) is 10.4. The molecule has 1 aliphatic carbocycles. The summed E-state index contributed by atoms with van der Waals surface area (Å²) >= 11 is 0. The van der Waals surface area contributed by atoms with Crippen LogP contribution in [0.2, 0.25) is 0 Å². The van der Waals surface area contributed by atoms with Crippen LogP contribution in [0.5, 0.6) is 0 Å². The van der Waals surface area contributed by atoms with Gasteiger partial charge >= 0.3 is 5.69 Å². The first kappa shape index (κ1) is 23.9. The third-order valence-electron chi connectivity index (χ3n) is 8.69. The summed E-state index contributed by atoms with van der Waals surface area (Å²) in [6.07, 6.45) is 4.92. The van der Waals surface area contributed by atoms with Gasteiger partial charge in [-0.1, -0.05) is 12.1 Å². The predicted molar refractivity (Wildman–Crippen MR) is 145 cm³/mol. The molecule has 2 saturated heterocycles. The number of fused-ring (bicyclic) bond motifs is 4. The Labute approximate surface area is 221 Å². The summed E-state index contributed by atoms with van der Waals surface area (Å²) in [5.41, 5.74) is 5.15. The third-order valence-corrected chi connectivity index (χ3v) is 8.69. The Bertz CT molecular complexity index is 1530. The molecule has 3 atom stereocenters. The van der Waals surface area contributed by atoms with Gasteiger partial charge in [0.1, 0.15) is 5.52 Å². The van der Waals surface area contributed by atoms with Gasteiger partial charge in [-0.15, -0.1) is 10.2 Å². The van der Waals surface area contributed by atoms with Crippen LogP contribution in [-0.4, -0.2) is 68.7 Å². The van der Waals surface area contributed by atoms with Crippen LogP contribution in [-0.2, 0) is 16.5 Å². The van der Waals surface area contributed by atoms with Gasteiger partial charge in [0.25, 0.3) is 0 Å². The van der Waals surface area contributed by atoms with Crippen molar-refractivity contribution in [3.63, 3.8) is 0 Å². The SMILES string of the molecule is C[C@@H](OCCN1CC2CC2C1)c1ccc(-c2ccc3nnc4c(c3c2)n(C2CCOCC2)c(=O)n4C)cn1. The van der Waals surface area contributed by atoms with Gasteiger partial charge < -0.3 is 14.4 Å². The van der Waals surface area contributed by atoms with E-state index in [0.29, 0.717) is 18.9 Å². The average molecular weight is 515 g/mol. The highest BCUT2D eigenvalue weighted by Gasteiger charge is 2.44. The molecule has 1 saturated carbocycles. The fourth-order valence-corrected chi connectivity index (χ4v) is 6.29. The third kappa shape index (κ3) is 4.22. The van der Waals surface area contributed by atoms with E-state index < -0.39 is 0 Å². The maximum Gasteiger partial charge on any atom is 0.330 e. The van der Waals surface area contributed by atoms with Gasteiger partial charge in [0, 0.05) is 63.1 Å². The number of hydrogen-bond acceptors (Lipinski definition) is 7. The lowest BCUT2D eigenvalue weighted by Gasteiger charge is -2.23. The van der Waals surface area contributed by atoms with E-state index in [0.717, 1.165) is 71.1 Å². The van der Waals surface area contributed by atoms with E-state index in [1.165, 1.54) is 19.5 Å². The smallest absolute Gasteiger partial charge is 0.330 e. The van der Waals surface area contributed by atoms with Crippen LogP contribution in [0.25, 0.3) is 33.2 Å². The molecule has 3 fully saturated rings. The molecule has 3 aromatic heterocycles. The molecule has 5 heterocycles. The highest BCUT2D eigenvalue weighted by molar-refractivity contribution is 6.02. The summed E-state index contributed by atoms with van der Waals surface area (Å²) in [5.74, 6) is 1.91. The van der Waals surface area contributed by atoms with Crippen LogP contribution in [0.1, 0.15) is 44.0 Å². The Morgan fingerprint density at radius 1 is 1.08 bits per heavy atom. The molecule has 0 amide bonds. The van der Waals surface area contributed by atoms with Gasteiger partial charge in [0.05, 0.1) is 23.9 Å². The first-order valence-electron chi connectivity index (χ1n) is 13.8. The lowest BCUT2D eigenvalue weighted by Crippen LogP contribution is -2.29. The van der Waals surface area contributed by atoms with Gasteiger partial charge in [0.2, 0.25) is 0 Å². The summed E-state index contributed by atoms with van der Waals surface area (Å²) < 4.78 is 15.2. The molecular weight excluding hydrogens is 480 g/mol. The minimum absolute atomic E-state index is 0.0501. The average Bonchev–Trinajstić information content (AvgIpc) is 3.48. The Hall–Kier alpha value is -3.14. The quantitative estimate of drug-likeness (QED) is 0.371. The van der Waals surface area contributed by atoms with E-state index in [9.17, 15) is 4.79 Å². The van der Waals surface area contributed by atoms with Gasteiger partial charge in [-0.25, -0.2) is 4.79 Å². The van der Waals surface area contributed by atoms with Crippen molar-refractivity contribution in [1.82, 2.24) is 29.2 Å². The van der Waals surface area contributed by atoms with Crippen LogP contribution in [0, 0.1) is 11.8 Å². The lowest BCUT2D eigenvalue weighted by molar-refractivity contribution is 0.0474. The molecule has 9 heteroatoms. The number of aromatic nitrogens is 5. The van der Waals surface area contributed by atoms with Crippen molar-refractivity contribution in [2.75, 3.05) is 39.5 Å². The summed E-state index contributed by atoms with van der Waals surface area (Å²) in [7, 11) is 1.77. The molecule has 2 unspecified atom stereocenters. The van der Waals surface area contributed by atoms with Crippen molar-refractivity contribution in [3.8, 4) is 11.1 Å². The van der Waals surface area contributed by atoms with Gasteiger partial charge in [-0.05, 0) is 61.8 Å². The molecular formula is C29H34N6O3. The lowest BCUT2D eigenvalue weighted by atomic mass is 10.0. The highest BCUT2D eigenvalue weighted by Crippen LogP contribution is 2.44. The Morgan fingerprint density at radius 3 is 2.63 bits per heavy atom. The number of aryl methyl sites for hydroxylation is 1. The van der Waals surface area contributed by atoms with E-state index in [1.807, 2.05) is 22.9 Å². The van der Waals surface area contributed by atoms with Crippen LogP contribution >= 0.6 is 0 Å². The minimum atomic E-state index is -0.0550. The second kappa shape index (κ2) is 9.55. The molecule has 3 aliphatic rings. The highest BCUT2D eigenvalue weighted by atomic mass is 16.5. The fourth-order valence-electron chi connectivity index (χ4n) is 6.29. The minimum Gasteiger partial charge on any atom is -0.381 e. The van der Waals surface area contributed by atoms with Crippen LogP contribution in [0.4, 0.5) is 0 Å². The molecule has 0 spiro atoms. The maximum atomic E-state index is 13.2. The molecule has 38 heavy (non-hydrogen) atoms. The number of imidazole rings is 1. The topological polar surface area (TPSA) is 87.3 Å². The van der Waals surface area contributed by atoms with Crippen molar-refractivity contribution in [3.05, 3.63) is 52.7 Å². The Morgan fingerprint density at radius 2 is 1.87 bits per heavy atom. The molecule has 1 aromatic carbocycles. The first-order chi connectivity index (χ1) is 18.6. The number of benzene rings is 1. The number of pyridine rings is 1. The molecule has 7 rings (SSSR count). The Balaban J connectivity index is 1.15. The second-order valence-electron chi connectivity index (χ2n) is 11.2. The number of nitrogens with zero attached hydrogens (tertiary/aromatic N) is 6. The van der Waals surface area contributed by atoms with Gasteiger partial charge in [0.15, 0.2) is 5.65 Å². The molecule has 0 radical (unpaired) electrons. The van der Waals surface area contributed by atoms with Crippen molar-refractivity contribution in [1.29, 1.82) is 0 Å². The predicted octanol–water partition coefficient (Wildman–Crippen LogP) is 3.73. The number of ether oxygens (including phenoxy) is 2. The monoisotopic (exact) mass is 514 g/mol. The van der Waals surface area contributed by atoms with Crippen molar-refractivity contribution >= 4 is 22.1 Å². The first-order valence-corrected chi connectivity index (χ1v) is 13.8. The van der Waals surface area contributed by atoms with Crippen LogP contribution < -0.4 is 5.69 Å². The van der Waals surface area contributed by atoms with E-state index >= 15 is 0 Å². The van der Waals surface area contributed by atoms with Crippen molar-refractivity contribution < 1.29 is 9.47 Å². The molecule has 198 valence electrons. The second-order valence-corrected chi connectivity index (χ2v) is 11.2.